The number of benzene rings is 2. The van der Waals surface area contributed by atoms with Crippen LogP contribution in [0.4, 0.5) is 11.4 Å². The van der Waals surface area contributed by atoms with Gasteiger partial charge in [0.2, 0.25) is 15.9 Å². The molecule has 10 heteroatoms. The van der Waals surface area contributed by atoms with E-state index in [1.54, 1.807) is 42.5 Å². The first-order valence-corrected chi connectivity index (χ1v) is 13.8. The fourth-order valence-corrected chi connectivity index (χ4v) is 6.35. The van der Waals surface area contributed by atoms with E-state index >= 15 is 0 Å². The van der Waals surface area contributed by atoms with E-state index in [0.29, 0.717) is 38.0 Å². The van der Waals surface area contributed by atoms with Gasteiger partial charge in [-0.2, -0.15) is 0 Å². The molecule has 0 aliphatic carbocycles. The molecule has 1 aliphatic heterocycles. The van der Waals surface area contributed by atoms with Crippen LogP contribution in [-0.4, -0.2) is 45.9 Å². The molecule has 32 heavy (non-hydrogen) atoms. The van der Waals surface area contributed by atoms with Gasteiger partial charge in [0.25, 0.3) is 10.0 Å². The lowest BCUT2D eigenvalue weighted by atomic mass is 9.97. The summed E-state index contributed by atoms with van der Waals surface area (Å²) in [5, 5.41) is 2.81. The molecule has 0 saturated carbocycles. The molecule has 0 radical (unpaired) electrons. The van der Waals surface area contributed by atoms with Gasteiger partial charge in [-0.1, -0.05) is 43.7 Å². The highest BCUT2D eigenvalue weighted by atomic mass is 32.2. The van der Waals surface area contributed by atoms with Crippen LogP contribution in [0.25, 0.3) is 0 Å². The van der Waals surface area contributed by atoms with Gasteiger partial charge in [-0.15, -0.1) is 0 Å². The van der Waals surface area contributed by atoms with Gasteiger partial charge < -0.3 is 5.32 Å². The number of hydrogen-bond donors (Lipinski definition) is 2. The van der Waals surface area contributed by atoms with Gasteiger partial charge in [0.15, 0.2) is 0 Å². The number of sulfonamides is 2. The zero-order valence-corrected chi connectivity index (χ0v) is 19.7. The number of nitrogens with one attached hydrogen (secondary N) is 2. The number of carbonyl (C=O) groups is 1. The third-order valence-electron chi connectivity index (χ3n) is 5.46. The molecular formula is C22H29N3O5S2. The second kappa shape index (κ2) is 10.5. The smallest absolute Gasteiger partial charge is 0.261 e. The summed E-state index contributed by atoms with van der Waals surface area (Å²) in [7, 11) is -7.08. The van der Waals surface area contributed by atoms with E-state index in [2.05, 4.69) is 10.0 Å². The normalized spacial score (nSPS) is 15.9. The minimum absolute atomic E-state index is 0.123. The van der Waals surface area contributed by atoms with E-state index in [0.717, 1.165) is 6.42 Å². The molecule has 0 atom stereocenters. The SMILES string of the molecule is CCCCS(=O)(=O)N1CCC(C(=O)Nc2ccccc2NS(=O)(=O)c2ccccc2)CC1. The Morgan fingerprint density at radius 2 is 1.53 bits per heavy atom. The molecule has 2 aromatic carbocycles. The Bertz CT molecular complexity index is 1130. The third-order valence-corrected chi connectivity index (χ3v) is 8.79. The van der Waals surface area contributed by atoms with Gasteiger partial charge in [0.1, 0.15) is 0 Å². The van der Waals surface area contributed by atoms with Crippen LogP contribution in [0.3, 0.4) is 0 Å². The summed E-state index contributed by atoms with van der Waals surface area (Å²) in [5.41, 5.74) is 0.624. The van der Waals surface area contributed by atoms with Gasteiger partial charge >= 0.3 is 0 Å². The highest BCUT2D eigenvalue weighted by Crippen LogP contribution is 2.27. The van der Waals surface area contributed by atoms with Crippen molar-refractivity contribution in [2.45, 2.75) is 37.5 Å². The van der Waals surface area contributed by atoms with Crippen molar-refractivity contribution in [1.82, 2.24) is 4.31 Å². The first-order chi connectivity index (χ1) is 15.2. The molecule has 174 valence electrons. The summed E-state index contributed by atoms with van der Waals surface area (Å²) in [6.07, 6.45) is 2.29. The standard InChI is InChI=1S/C22H29N3O5S2/c1-2-3-17-31(27,28)25-15-13-18(14-16-25)22(26)23-20-11-7-8-12-21(20)24-32(29,30)19-9-5-4-6-10-19/h4-12,18,24H,2-3,13-17H2,1H3,(H,23,26). The van der Waals surface area contributed by atoms with Gasteiger partial charge in [-0.25, -0.2) is 21.1 Å². The fourth-order valence-electron chi connectivity index (χ4n) is 3.57. The average Bonchev–Trinajstić information content (AvgIpc) is 2.79. The van der Waals surface area contributed by atoms with Gasteiger partial charge in [-0.3, -0.25) is 9.52 Å². The van der Waals surface area contributed by atoms with Crippen LogP contribution in [0.2, 0.25) is 0 Å². The molecule has 1 heterocycles. The molecule has 0 aromatic heterocycles. The number of nitrogens with zero attached hydrogens (tertiary/aromatic N) is 1. The number of rotatable bonds is 9. The zero-order chi connectivity index (χ0) is 23.2. The maximum atomic E-state index is 12.8. The van der Waals surface area contributed by atoms with Crippen molar-refractivity contribution in [2.24, 2.45) is 5.92 Å². The molecule has 0 unspecified atom stereocenters. The van der Waals surface area contributed by atoms with Crippen LogP contribution >= 0.6 is 0 Å². The maximum Gasteiger partial charge on any atom is 0.261 e. The predicted octanol–water partition coefficient (Wildman–Crippen LogP) is 3.27. The number of piperidine rings is 1. The summed E-state index contributed by atoms with van der Waals surface area (Å²) in [5.74, 6) is -0.455. The van der Waals surface area contributed by atoms with E-state index in [1.165, 1.54) is 16.4 Å². The minimum Gasteiger partial charge on any atom is -0.324 e. The third kappa shape index (κ3) is 6.08. The Morgan fingerprint density at radius 3 is 2.16 bits per heavy atom. The summed E-state index contributed by atoms with van der Waals surface area (Å²) in [4.78, 5) is 13.0. The van der Waals surface area contributed by atoms with Crippen LogP contribution in [0.5, 0.6) is 0 Å². The first kappa shape index (κ1) is 24.2. The summed E-state index contributed by atoms with van der Waals surface area (Å²) in [6.45, 7) is 2.57. The van der Waals surface area contributed by atoms with Crippen LogP contribution in [-0.2, 0) is 24.8 Å². The predicted molar refractivity (Wildman–Crippen MR) is 125 cm³/mol. The minimum atomic E-state index is -3.80. The van der Waals surface area contributed by atoms with Crippen LogP contribution in [0, 0.1) is 5.92 Å². The van der Waals surface area contributed by atoms with E-state index in [9.17, 15) is 21.6 Å². The fraction of sp³-hybridized carbons (Fsp3) is 0.409. The van der Waals surface area contributed by atoms with E-state index in [1.807, 2.05) is 6.92 Å². The topological polar surface area (TPSA) is 113 Å². The Balaban J connectivity index is 1.65. The quantitative estimate of drug-likeness (QED) is 0.573. The van der Waals surface area contributed by atoms with Crippen molar-refractivity contribution >= 4 is 37.3 Å². The van der Waals surface area contributed by atoms with Crippen molar-refractivity contribution in [3.63, 3.8) is 0 Å². The molecule has 8 nitrogen and oxygen atoms in total. The molecule has 0 bridgehead atoms. The van der Waals surface area contributed by atoms with Crippen LogP contribution in [0.15, 0.2) is 59.5 Å². The number of anilines is 2. The Morgan fingerprint density at radius 1 is 0.938 bits per heavy atom. The van der Waals surface area contributed by atoms with Gasteiger partial charge in [-0.05, 0) is 43.5 Å². The summed E-state index contributed by atoms with van der Waals surface area (Å²) >= 11 is 0. The van der Waals surface area contributed by atoms with Crippen LogP contribution < -0.4 is 10.0 Å². The van der Waals surface area contributed by atoms with Crippen molar-refractivity contribution in [2.75, 3.05) is 28.9 Å². The first-order valence-electron chi connectivity index (χ1n) is 10.7. The second-order valence-electron chi connectivity index (χ2n) is 7.80. The van der Waals surface area contributed by atoms with Crippen molar-refractivity contribution in [1.29, 1.82) is 0 Å². The van der Waals surface area contributed by atoms with Crippen molar-refractivity contribution in [3.05, 3.63) is 54.6 Å². The molecule has 2 N–H and O–H groups in total. The number of unbranched alkanes of at least 4 members (excludes halogenated alkanes) is 1. The molecule has 1 aliphatic rings. The Labute approximate surface area is 190 Å². The highest BCUT2D eigenvalue weighted by Gasteiger charge is 2.31. The molecule has 0 spiro atoms. The summed E-state index contributed by atoms with van der Waals surface area (Å²) < 4.78 is 54.0. The van der Waals surface area contributed by atoms with Gasteiger partial charge in [0, 0.05) is 19.0 Å². The molecule has 1 saturated heterocycles. The lowest BCUT2D eigenvalue weighted by Gasteiger charge is -2.30. The van der Waals surface area contributed by atoms with E-state index < -0.39 is 20.0 Å². The van der Waals surface area contributed by atoms with E-state index in [-0.39, 0.29) is 28.2 Å². The number of para-hydroxylation sites is 2. The second-order valence-corrected chi connectivity index (χ2v) is 11.6. The van der Waals surface area contributed by atoms with Gasteiger partial charge in [0.05, 0.1) is 22.0 Å². The van der Waals surface area contributed by atoms with Crippen molar-refractivity contribution in [3.8, 4) is 0 Å². The lowest BCUT2D eigenvalue weighted by molar-refractivity contribution is -0.120. The van der Waals surface area contributed by atoms with Crippen molar-refractivity contribution < 1.29 is 21.6 Å². The molecule has 1 amide bonds. The average molecular weight is 480 g/mol. The number of hydrogen-bond acceptors (Lipinski definition) is 5. The zero-order valence-electron chi connectivity index (χ0n) is 18.0. The number of amides is 1. The largest absolute Gasteiger partial charge is 0.324 e. The maximum absolute atomic E-state index is 12.8. The Kier molecular flexibility index (Phi) is 7.91. The molecule has 3 rings (SSSR count). The van der Waals surface area contributed by atoms with E-state index in [4.69, 9.17) is 0 Å². The molecular weight excluding hydrogens is 450 g/mol. The molecule has 2 aromatic rings. The van der Waals surface area contributed by atoms with Crippen LogP contribution in [0.1, 0.15) is 32.6 Å². The lowest BCUT2D eigenvalue weighted by Crippen LogP contribution is -2.42. The molecule has 1 fully saturated rings. The highest BCUT2D eigenvalue weighted by molar-refractivity contribution is 7.92. The monoisotopic (exact) mass is 479 g/mol. The number of carbonyl (C=O) groups excluding carboxylic acids is 1. The summed E-state index contributed by atoms with van der Waals surface area (Å²) in [6, 6.07) is 14.6. The Hall–Kier alpha value is -2.43.